The molecule has 1 aliphatic rings. The number of benzene rings is 1. The van der Waals surface area contributed by atoms with Crippen molar-refractivity contribution in [1.29, 1.82) is 0 Å². The molecule has 0 unspecified atom stereocenters. The van der Waals surface area contributed by atoms with Crippen LogP contribution in [0, 0.1) is 5.82 Å². The Morgan fingerprint density at radius 2 is 2.19 bits per heavy atom. The second-order valence-corrected chi connectivity index (χ2v) is 6.14. The summed E-state index contributed by atoms with van der Waals surface area (Å²) < 4.78 is 13.3. The molecule has 1 heterocycles. The van der Waals surface area contributed by atoms with E-state index in [0.29, 0.717) is 12.1 Å². The number of oxime groups is 1. The van der Waals surface area contributed by atoms with Crippen molar-refractivity contribution in [2.24, 2.45) is 10.9 Å². The van der Waals surface area contributed by atoms with Gasteiger partial charge in [0.2, 0.25) is 0 Å². The molecule has 21 heavy (non-hydrogen) atoms. The molecule has 0 saturated carbocycles. The first-order valence-electron chi connectivity index (χ1n) is 6.98. The molecule has 7 heteroatoms. The summed E-state index contributed by atoms with van der Waals surface area (Å²) in [6.07, 6.45) is 0. The van der Waals surface area contributed by atoms with Crippen LogP contribution in [-0.2, 0) is 6.54 Å². The van der Waals surface area contributed by atoms with Gasteiger partial charge in [-0.15, -0.1) is 0 Å². The molecule has 5 nitrogen and oxygen atoms in total. The second kappa shape index (κ2) is 8.21. The predicted molar refractivity (Wildman–Crippen MR) is 84.4 cm³/mol. The first-order valence-corrected chi connectivity index (χ1v) is 8.13. The van der Waals surface area contributed by atoms with Gasteiger partial charge in [0.15, 0.2) is 5.84 Å². The first-order chi connectivity index (χ1) is 10.2. The zero-order valence-corrected chi connectivity index (χ0v) is 12.7. The molecule has 116 valence electrons. The minimum Gasteiger partial charge on any atom is -0.409 e. The van der Waals surface area contributed by atoms with E-state index in [1.54, 1.807) is 6.07 Å². The molecule has 1 fully saturated rings. The smallest absolute Gasteiger partial charge is 0.170 e. The lowest BCUT2D eigenvalue weighted by Gasteiger charge is -2.26. The summed E-state index contributed by atoms with van der Waals surface area (Å²) in [6.45, 7) is 4.70. The summed E-state index contributed by atoms with van der Waals surface area (Å²) >= 11 is 2.00. The van der Waals surface area contributed by atoms with Crippen molar-refractivity contribution in [3.05, 3.63) is 35.1 Å². The second-order valence-electron chi connectivity index (χ2n) is 4.92. The maximum absolute atomic E-state index is 13.3. The summed E-state index contributed by atoms with van der Waals surface area (Å²) in [5.74, 6) is 1.93. The van der Waals surface area contributed by atoms with Crippen LogP contribution >= 0.6 is 11.8 Å². The molecule has 1 aliphatic heterocycles. The normalized spacial score (nSPS) is 17.1. The van der Waals surface area contributed by atoms with E-state index in [9.17, 15) is 4.39 Å². The molecule has 0 spiro atoms. The lowest BCUT2D eigenvalue weighted by molar-refractivity contribution is 0.301. The number of thioether (sulfide) groups is 1. The Labute approximate surface area is 128 Å². The number of hydrogen-bond donors (Lipinski definition) is 3. The molecule has 1 aromatic rings. The summed E-state index contributed by atoms with van der Waals surface area (Å²) in [7, 11) is 0. The highest BCUT2D eigenvalue weighted by molar-refractivity contribution is 7.99. The van der Waals surface area contributed by atoms with Crippen molar-refractivity contribution < 1.29 is 9.60 Å². The van der Waals surface area contributed by atoms with Crippen LogP contribution in [0.4, 0.5) is 4.39 Å². The standard InChI is InChI=1S/C14H21FN4OS/c15-12-2-1-11(13(9-12)14(16)18-20)10-17-3-4-19-5-7-21-8-6-19/h1-2,9,17,20H,3-8,10H2,(H2,16,18). The topological polar surface area (TPSA) is 73.9 Å². The fourth-order valence-corrected chi connectivity index (χ4v) is 3.26. The number of nitrogens with zero attached hydrogens (tertiary/aromatic N) is 2. The lowest BCUT2D eigenvalue weighted by atomic mass is 10.1. The van der Waals surface area contributed by atoms with E-state index in [4.69, 9.17) is 10.9 Å². The maximum atomic E-state index is 13.3. The molecule has 0 bridgehead atoms. The van der Waals surface area contributed by atoms with Crippen molar-refractivity contribution in [3.63, 3.8) is 0 Å². The summed E-state index contributed by atoms with van der Waals surface area (Å²) in [4.78, 5) is 2.43. The fraction of sp³-hybridized carbons (Fsp3) is 0.500. The summed E-state index contributed by atoms with van der Waals surface area (Å²) in [6, 6.07) is 4.33. The zero-order chi connectivity index (χ0) is 15.1. The van der Waals surface area contributed by atoms with Gasteiger partial charge in [-0.1, -0.05) is 11.2 Å². The summed E-state index contributed by atoms with van der Waals surface area (Å²) in [5.41, 5.74) is 6.83. The number of nitrogens with two attached hydrogens (primary N) is 1. The third kappa shape index (κ3) is 4.87. The van der Waals surface area contributed by atoms with Crippen molar-refractivity contribution >= 4 is 17.6 Å². The highest BCUT2D eigenvalue weighted by atomic mass is 32.2. The van der Waals surface area contributed by atoms with Crippen LogP contribution in [0.2, 0.25) is 0 Å². The minimum absolute atomic E-state index is 0.0700. The van der Waals surface area contributed by atoms with Crippen LogP contribution in [0.15, 0.2) is 23.4 Å². The molecular weight excluding hydrogens is 291 g/mol. The molecule has 0 amide bonds. The molecule has 0 atom stereocenters. The molecule has 4 N–H and O–H groups in total. The predicted octanol–water partition coefficient (Wildman–Crippen LogP) is 1.06. The van der Waals surface area contributed by atoms with Gasteiger partial charge in [-0.05, 0) is 17.7 Å². The molecular formula is C14H21FN4OS. The van der Waals surface area contributed by atoms with E-state index in [0.717, 1.165) is 31.7 Å². The average molecular weight is 312 g/mol. The molecule has 1 aromatic carbocycles. The van der Waals surface area contributed by atoms with E-state index in [1.165, 1.54) is 23.6 Å². The van der Waals surface area contributed by atoms with Crippen LogP contribution in [0.3, 0.4) is 0 Å². The lowest BCUT2D eigenvalue weighted by Crippen LogP contribution is -2.37. The highest BCUT2D eigenvalue weighted by Gasteiger charge is 2.11. The van der Waals surface area contributed by atoms with Crippen molar-refractivity contribution in [2.75, 3.05) is 37.7 Å². The Hall–Kier alpha value is -1.31. The van der Waals surface area contributed by atoms with Gasteiger partial charge in [0.25, 0.3) is 0 Å². The zero-order valence-electron chi connectivity index (χ0n) is 11.9. The molecule has 2 rings (SSSR count). The number of amidine groups is 1. The quantitative estimate of drug-likeness (QED) is 0.241. The van der Waals surface area contributed by atoms with Gasteiger partial charge in [-0.3, -0.25) is 0 Å². The minimum atomic E-state index is -0.397. The van der Waals surface area contributed by atoms with Gasteiger partial charge < -0.3 is 21.2 Å². The largest absolute Gasteiger partial charge is 0.409 e. The Balaban J connectivity index is 1.85. The van der Waals surface area contributed by atoms with Crippen LogP contribution in [0.5, 0.6) is 0 Å². The summed E-state index contributed by atoms with van der Waals surface area (Å²) in [5, 5.41) is 15.0. The molecule has 0 aromatic heterocycles. The van der Waals surface area contributed by atoms with E-state index in [-0.39, 0.29) is 5.84 Å². The third-order valence-corrected chi connectivity index (χ3v) is 4.42. The molecule has 1 saturated heterocycles. The molecule has 0 radical (unpaired) electrons. The highest BCUT2D eigenvalue weighted by Crippen LogP contribution is 2.11. The van der Waals surface area contributed by atoms with E-state index in [2.05, 4.69) is 15.4 Å². The van der Waals surface area contributed by atoms with Gasteiger partial charge in [-0.2, -0.15) is 11.8 Å². The van der Waals surface area contributed by atoms with Crippen LogP contribution in [-0.4, -0.2) is 53.6 Å². The van der Waals surface area contributed by atoms with Crippen LogP contribution < -0.4 is 11.1 Å². The van der Waals surface area contributed by atoms with Gasteiger partial charge in [-0.25, -0.2) is 4.39 Å². The van der Waals surface area contributed by atoms with Crippen LogP contribution in [0.25, 0.3) is 0 Å². The average Bonchev–Trinajstić information content (AvgIpc) is 2.53. The monoisotopic (exact) mass is 312 g/mol. The van der Waals surface area contributed by atoms with Gasteiger partial charge >= 0.3 is 0 Å². The SMILES string of the molecule is N/C(=N/O)c1cc(F)ccc1CNCCN1CCSCC1. The van der Waals surface area contributed by atoms with Crippen molar-refractivity contribution in [1.82, 2.24) is 10.2 Å². The van der Waals surface area contributed by atoms with Gasteiger partial charge in [0.1, 0.15) is 5.82 Å². The molecule has 0 aliphatic carbocycles. The number of hydrogen-bond acceptors (Lipinski definition) is 5. The third-order valence-electron chi connectivity index (χ3n) is 3.48. The van der Waals surface area contributed by atoms with E-state index < -0.39 is 5.82 Å². The Kier molecular flexibility index (Phi) is 6.28. The van der Waals surface area contributed by atoms with E-state index >= 15 is 0 Å². The Morgan fingerprint density at radius 3 is 2.90 bits per heavy atom. The van der Waals surface area contributed by atoms with Crippen LogP contribution in [0.1, 0.15) is 11.1 Å². The Morgan fingerprint density at radius 1 is 1.43 bits per heavy atom. The number of halogens is 1. The maximum Gasteiger partial charge on any atom is 0.170 e. The first kappa shape index (κ1) is 16.1. The number of nitrogens with one attached hydrogen (secondary N) is 1. The fourth-order valence-electron chi connectivity index (χ4n) is 2.28. The van der Waals surface area contributed by atoms with Crippen molar-refractivity contribution in [2.45, 2.75) is 6.54 Å². The van der Waals surface area contributed by atoms with Gasteiger partial charge in [0.05, 0.1) is 0 Å². The van der Waals surface area contributed by atoms with Gasteiger partial charge in [0, 0.05) is 49.8 Å². The Bertz CT molecular complexity index is 492. The number of rotatable bonds is 6. The van der Waals surface area contributed by atoms with Crippen molar-refractivity contribution in [3.8, 4) is 0 Å². The van der Waals surface area contributed by atoms with E-state index in [1.807, 2.05) is 11.8 Å².